The molecule has 0 aliphatic rings. The van der Waals surface area contributed by atoms with Gasteiger partial charge in [-0.15, -0.1) is 0 Å². The number of ketones is 1. The molecule has 1 aromatic heterocycles. The molecular formula is C11H15N3O5. The number of carbonyl (C=O) groups excluding carboxylic acids is 1. The van der Waals surface area contributed by atoms with Gasteiger partial charge in [-0.1, -0.05) is 0 Å². The molecule has 5 N–H and O–H groups in total. The fraction of sp³-hybridized carbons (Fsp3) is 0.364. The summed E-state index contributed by atoms with van der Waals surface area (Å²) in [6, 6.07) is 1.33. The standard InChI is InChI=1S/C11H15N3O5/c1-6(15)7-2-3-9(16)14(10(7)13)5-19-4-8(12)11(17)18/h2-3,8H,4-5,12-13H2,1H3,(H,17,18). The van der Waals surface area contributed by atoms with Gasteiger partial charge >= 0.3 is 5.97 Å². The lowest BCUT2D eigenvalue weighted by molar-refractivity contribution is -0.140. The Kier molecular flexibility index (Phi) is 4.79. The molecule has 8 nitrogen and oxygen atoms in total. The van der Waals surface area contributed by atoms with E-state index in [9.17, 15) is 14.4 Å². The summed E-state index contributed by atoms with van der Waals surface area (Å²) in [5.74, 6) is -1.52. The van der Waals surface area contributed by atoms with Gasteiger partial charge in [-0.3, -0.25) is 19.0 Å². The molecule has 0 saturated heterocycles. The Bertz CT molecular complexity index is 552. The monoisotopic (exact) mass is 269 g/mol. The lowest BCUT2D eigenvalue weighted by atomic mass is 10.2. The van der Waals surface area contributed by atoms with Crippen LogP contribution in [-0.4, -0.2) is 34.1 Å². The molecule has 0 amide bonds. The van der Waals surface area contributed by atoms with E-state index in [0.717, 1.165) is 4.57 Å². The highest BCUT2D eigenvalue weighted by Crippen LogP contribution is 2.09. The molecule has 8 heteroatoms. The molecule has 0 saturated carbocycles. The summed E-state index contributed by atoms with van der Waals surface area (Å²) in [6.45, 7) is 0.778. The minimum atomic E-state index is -1.21. The van der Waals surface area contributed by atoms with E-state index in [1.165, 1.54) is 19.1 Å². The fourth-order valence-electron chi connectivity index (χ4n) is 1.37. The van der Waals surface area contributed by atoms with Crippen LogP contribution in [0.1, 0.15) is 17.3 Å². The molecule has 0 spiro atoms. The highest BCUT2D eigenvalue weighted by atomic mass is 16.5. The van der Waals surface area contributed by atoms with Gasteiger partial charge in [0.25, 0.3) is 5.56 Å². The number of Topliss-reactive ketones (excluding diaryl/α,β-unsaturated/α-hetero) is 1. The zero-order chi connectivity index (χ0) is 14.6. The third-order valence-corrected chi connectivity index (χ3v) is 2.44. The smallest absolute Gasteiger partial charge is 0.322 e. The van der Waals surface area contributed by atoms with Crippen molar-refractivity contribution in [2.45, 2.75) is 19.7 Å². The maximum atomic E-state index is 11.6. The molecule has 1 rings (SSSR count). The van der Waals surface area contributed by atoms with Crippen molar-refractivity contribution in [2.75, 3.05) is 12.3 Å². The molecule has 1 unspecified atom stereocenters. The predicted molar refractivity (Wildman–Crippen MR) is 66.7 cm³/mol. The second-order valence-corrected chi connectivity index (χ2v) is 3.90. The molecular weight excluding hydrogens is 254 g/mol. The SMILES string of the molecule is CC(=O)c1ccc(=O)n(COCC(N)C(=O)O)c1N. The van der Waals surface area contributed by atoms with Crippen LogP contribution >= 0.6 is 0 Å². The normalized spacial score (nSPS) is 12.1. The number of nitrogen functional groups attached to an aromatic ring is 1. The largest absolute Gasteiger partial charge is 0.480 e. The quantitative estimate of drug-likeness (QED) is 0.564. The van der Waals surface area contributed by atoms with E-state index in [0.29, 0.717) is 0 Å². The lowest BCUT2D eigenvalue weighted by Crippen LogP contribution is -2.36. The van der Waals surface area contributed by atoms with E-state index in [2.05, 4.69) is 0 Å². The first-order valence-electron chi connectivity index (χ1n) is 5.41. The van der Waals surface area contributed by atoms with Crippen LogP contribution in [0.5, 0.6) is 0 Å². The molecule has 1 heterocycles. The average molecular weight is 269 g/mol. The van der Waals surface area contributed by atoms with Gasteiger partial charge in [-0.2, -0.15) is 0 Å². The number of aliphatic carboxylic acids is 1. The van der Waals surface area contributed by atoms with E-state index in [1.807, 2.05) is 0 Å². The number of nitrogens with zero attached hydrogens (tertiary/aromatic N) is 1. The van der Waals surface area contributed by atoms with Crippen molar-refractivity contribution in [3.05, 3.63) is 28.0 Å². The molecule has 0 aliphatic heterocycles. The Hall–Kier alpha value is -2.19. The zero-order valence-electron chi connectivity index (χ0n) is 10.3. The number of hydrogen-bond donors (Lipinski definition) is 3. The van der Waals surface area contributed by atoms with Crippen molar-refractivity contribution < 1.29 is 19.4 Å². The van der Waals surface area contributed by atoms with Crippen molar-refractivity contribution in [1.29, 1.82) is 0 Å². The Morgan fingerprint density at radius 1 is 1.47 bits per heavy atom. The van der Waals surface area contributed by atoms with Crippen molar-refractivity contribution in [2.24, 2.45) is 5.73 Å². The van der Waals surface area contributed by atoms with Crippen molar-refractivity contribution in [3.8, 4) is 0 Å². The van der Waals surface area contributed by atoms with E-state index in [-0.39, 0.29) is 30.5 Å². The molecule has 0 aliphatic carbocycles. The van der Waals surface area contributed by atoms with Crippen molar-refractivity contribution >= 4 is 17.6 Å². The number of hydrogen-bond acceptors (Lipinski definition) is 6. The average Bonchev–Trinajstić information content (AvgIpc) is 2.32. The maximum absolute atomic E-state index is 11.6. The third-order valence-electron chi connectivity index (χ3n) is 2.44. The van der Waals surface area contributed by atoms with Gasteiger partial charge in [0.2, 0.25) is 0 Å². The summed E-state index contributed by atoms with van der Waals surface area (Å²) in [5.41, 5.74) is 10.7. The van der Waals surface area contributed by atoms with E-state index >= 15 is 0 Å². The number of aromatic nitrogens is 1. The minimum absolute atomic E-state index is 0.0242. The number of carbonyl (C=O) groups is 2. The molecule has 0 fully saturated rings. The first-order chi connectivity index (χ1) is 8.84. The summed E-state index contributed by atoms with van der Waals surface area (Å²) >= 11 is 0. The highest BCUT2D eigenvalue weighted by molar-refractivity contribution is 5.98. The molecule has 1 atom stereocenters. The third kappa shape index (κ3) is 3.63. The second-order valence-electron chi connectivity index (χ2n) is 3.90. The number of rotatable bonds is 6. The Morgan fingerprint density at radius 2 is 2.11 bits per heavy atom. The molecule has 19 heavy (non-hydrogen) atoms. The van der Waals surface area contributed by atoms with Crippen LogP contribution in [0, 0.1) is 0 Å². The summed E-state index contributed by atoms with van der Waals surface area (Å²) in [4.78, 5) is 33.3. The fourth-order valence-corrected chi connectivity index (χ4v) is 1.37. The number of ether oxygens (including phenoxy) is 1. The summed E-state index contributed by atoms with van der Waals surface area (Å²) in [6.07, 6.45) is 0. The van der Waals surface area contributed by atoms with Crippen LogP contribution in [-0.2, 0) is 16.3 Å². The highest BCUT2D eigenvalue weighted by Gasteiger charge is 2.13. The van der Waals surface area contributed by atoms with Crippen LogP contribution in [0.2, 0.25) is 0 Å². The van der Waals surface area contributed by atoms with E-state index < -0.39 is 17.6 Å². The maximum Gasteiger partial charge on any atom is 0.322 e. The lowest BCUT2D eigenvalue weighted by Gasteiger charge is -2.13. The van der Waals surface area contributed by atoms with Crippen LogP contribution in [0.25, 0.3) is 0 Å². The first-order valence-corrected chi connectivity index (χ1v) is 5.41. The summed E-state index contributed by atoms with van der Waals surface area (Å²) < 4.78 is 6.04. The minimum Gasteiger partial charge on any atom is -0.480 e. The predicted octanol–water partition coefficient (Wildman–Crippen LogP) is -0.981. The summed E-state index contributed by atoms with van der Waals surface area (Å²) in [7, 11) is 0. The topological polar surface area (TPSA) is 138 Å². The zero-order valence-corrected chi connectivity index (χ0v) is 10.3. The van der Waals surface area contributed by atoms with Crippen LogP contribution < -0.4 is 17.0 Å². The van der Waals surface area contributed by atoms with Crippen LogP contribution in [0.3, 0.4) is 0 Å². The number of anilines is 1. The molecule has 0 aromatic carbocycles. The number of carboxylic acids is 1. The van der Waals surface area contributed by atoms with Gasteiger partial charge in [0, 0.05) is 6.07 Å². The number of carboxylic acid groups (broad SMARTS) is 1. The Morgan fingerprint density at radius 3 is 2.63 bits per heavy atom. The number of nitrogens with two attached hydrogens (primary N) is 2. The molecule has 0 bridgehead atoms. The summed E-state index contributed by atoms with van der Waals surface area (Å²) in [5, 5.41) is 8.56. The van der Waals surface area contributed by atoms with Crippen molar-refractivity contribution in [3.63, 3.8) is 0 Å². The van der Waals surface area contributed by atoms with Gasteiger partial charge in [0.15, 0.2) is 5.78 Å². The van der Waals surface area contributed by atoms with E-state index in [1.54, 1.807) is 0 Å². The van der Waals surface area contributed by atoms with Gasteiger partial charge in [0.05, 0.1) is 12.2 Å². The van der Waals surface area contributed by atoms with Crippen LogP contribution in [0.4, 0.5) is 5.82 Å². The van der Waals surface area contributed by atoms with Gasteiger partial charge in [-0.05, 0) is 13.0 Å². The molecule has 104 valence electrons. The van der Waals surface area contributed by atoms with Gasteiger partial charge < -0.3 is 21.3 Å². The first kappa shape index (κ1) is 14.9. The van der Waals surface area contributed by atoms with E-state index in [4.69, 9.17) is 21.3 Å². The Labute approximate surface area is 108 Å². The van der Waals surface area contributed by atoms with Crippen molar-refractivity contribution in [1.82, 2.24) is 4.57 Å². The molecule has 0 radical (unpaired) electrons. The molecule has 1 aromatic rings. The van der Waals surface area contributed by atoms with Gasteiger partial charge in [0.1, 0.15) is 18.6 Å². The number of pyridine rings is 1. The Balaban J connectivity index is 2.84. The van der Waals surface area contributed by atoms with Gasteiger partial charge in [-0.25, -0.2) is 0 Å². The second kappa shape index (κ2) is 6.12. The van der Waals surface area contributed by atoms with Crippen LogP contribution in [0.15, 0.2) is 16.9 Å².